The van der Waals surface area contributed by atoms with Crippen LogP contribution < -0.4 is 0 Å². The maximum Gasteiger partial charge on any atom is 0.276 e. The third kappa shape index (κ3) is 4.41. The van der Waals surface area contributed by atoms with E-state index in [9.17, 15) is 8.42 Å². The summed E-state index contributed by atoms with van der Waals surface area (Å²) in [4.78, 5) is 0. The molecule has 1 aromatic carbocycles. The lowest BCUT2D eigenvalue weighted by Gasteiger charge is -2.04. The molecule has 2 heterocycles. The first-order valence-electron chi connectivity index (χ1n) is 7.01. The second kappa shape index (κ2) is 7.01. The van der Waals surface area contributed by atoms with E-state index in [-0.39, 0.29) is 17.4 Å². The molecule has 2 aromatic rings. The van der Waals surface area contributed by atoms with Gasteiger partial charge in [0.05, 0.1) is 11.5 Å². The van der Waals surface area contributed by atoms with E-state index < -0.39 is 9.84 Å². The molecule has 0 unspecified atom stereocenters. The van der Waals surface area contributed by atoms with Crippen LogP contribution in [0.25, 0.3) is 0 Å². The average Bonchev–Trinajstić information content (AvgIpc) is 3.05. The number of halogens is 2. The van der Waals surface area contributed by atoms with Crippen molar-refractivity contribution < 1.29 is 12.8 Å². The van der Waals surface area contributed by atoms with Crippen LogP contribution in [0.15, 0.2) is 27.8 Å². The van der Waals surface area contributed by atoms with Crippen molar-refractivity contribution in [3.05, 3.63) is 39.7 Å². The van der Waals surface area contributed by atoms with Gasteiger partial charge in [0.25, 0.3) is 5.22 Å². The Kier molecular flexibility index (Phi) is 5.20. The SMILES string of the molecule is O=S1(=O)CC[C@@H](Cc2nnc(SCc3c(Cl)cccc3Cl)o2)C1. The molecule has 5 nitrogen and oxygen atoms in total. The van der Waals surface area contributed by atoms with Gasteiger partial charge < -0.3 is 4.42 Å². The summed E-state index contributed by atoms with van der Waals surface area (Å²) in [7, 11) is -2.89. The van der Waals surface area contributed by atoms with Gasteiger partial charge in [-0.15, -0.1) is 10.2 Å². The van der Waals surface area contributed by atoms with E-state index in [0.717, 1.165) is 5.56 Å². The zero-order chi connectivity index (χ0) is 16.4. The zero-order valence-electron chi connectivity index (χ0n) is 12.0. The number of benzene rings is 1. The minimum Gasteiger partial charge on any atom is -0.416 e. The van der Waals surface area contributed by atoms with Gasteiger partial charge in [0.1, 0.15) is 0 Å². The van der Waals surface area contributed by atoms with Crippen molar-refractivity contribution in [1.29, 1.82) is 0 Å². The summed E-state index contributed by atoms with van der Waals surface area (Å²) in [6.07, 6.45) is 1.15. The molecule has 3 rings (SSSR count). The summed E-state index contributed by atoms with van der Waals surface area (Å²) in [5, 5.41) is 9.59. The molecule has 1 aliphatic rings. The van der Waals surface area contributed by atoms with Gasteiger partial charge in [-0.05, 0) is 30.0 Å². The molecule has 1 fully saturated rings. The molecule has 23 heavy (non-hydrogen) atoms. The highest BCUT2D eigenvalue weighted by Crippen LogP contribution is 2.31. The van der Waals surface area contributed by atoms with E-state index in [4.69, 9.17) is 27.6 Å². The molecule has 0 radical (unpaired) electrons. The third-order valence-electron chi connectivity index (χ3n) is 3.64. The highest BCUT2D eigenvalue weighted by Gasteiger charge is 2.29. The number of sulfone groups is 1. The number of hydrogen-bond acceptors (Lipinski definition) is 6. The summed E-state index contributed by atoms with van der Waals surface area (Å²) >= 11 is 13.6. The summed E-state index contributed by atoms with van der Waals surface area (Å²) in [6.45, 7) is 0. The first kappa shape index (κ1) is 17.1. The Labute approximate surface area is 148 Å². The molecular weight excluding hydrogens is 379 g/mol. The monoisotopic (exact) mass is 392 g/mol. The molecule has 1 aromatic heterocycles. The lowest BCUT2D eigenvalue weighted by Crippen LogP contribution is -2.07. The van der Waals surface area contributed by atoms with Crippen molar-refractivity contribution in [2.45, 2.75) is 23.8 Å². The van der Waals surface area contributed by atoms with E-state index in [0.29, 0.717) is 39.8 Å². The fourth-order valence-electron chi connectivity index (χ4n) is 2.46. The van der Waals surface area contributed by atoms with Crippen LogP contribution in [0.1, 0.15) is 17.9 Å². The Morgan fingerprint density at radius 2 is 2.00 bits per heavy atom. The smallest absolute Gasteiger partial charge is 0.276 e. The maximum absolute atomic E-state index is 11.5. The van der Waals surface area contributed by atoms with Crippen LogP contribution in [0, 0.1) is 5.92 Å². The molecule has 0 N–H and O–H groups in total. The van der Waals surface area contributed by atoms with E-state index in [2.05, 4.69) is 10.2 Å². The molecule has 0 spiro atoms. The summed E-state index contributed by atoms with van der Waals surface area (Å²) in [6, 6.07) is 5.35. The van der Waals surface area contributed by atoms with Crippen molar-refractivity contribution >= 4 is 44.8 Å². The van der Waals surface area contributed by atoms with E-state index in [1.807, 2.05) is 0 Å². The van der Waals surface area contributed by atoms with Gasteiger partial charge in [-0.1, -0.05) is 41.0 Å². The Morgan fingerprint density at radius 3 is 2.65 bits per heavy atom. The predicted octanol–water partition coefficient (Wildman–Crippen LogP) is 3.65. The van der Waals surface area contributed by atoms with Crippen LogP contribution in [0.4, 0.5) is 0 Å². The Balaban J connectivity index is 1.60. The minimum atomic E-state index is -2.89. The lowest BCUT2D eigenvalue weighted by atomic mass is 10.1. The molecular formula is C14H14Cl2N2O3S2. The first-order valence-corrected chi connectivity index (χ1v) is 10.6. The van der Waals surface area contributed by atoms with Gasteiger partial charge in [0, 0.05) is 22.2 Å². The molecule has 9 heteroatoms. The zero-order valence-corrected chi connectivity index (χ0v) is 15.2. The molecule has 1 saturated heterocycles. The number of aromatic nitrogens is 2. The fourth-order valence-corrected chi connectivity index (χ4v) is 5.85. The second-order valence-corrected chi connectivity index (χ2v) is 9.39. The van der Waals surface area contributed by atoms with Crippen LogP contribution in [0.2, 0.25) is 10.0 Å². The van der Waals surface area contributed by atoms with Crippen molar-refractivity contribution in [2.24, 2.45) is 5.92 Å². The highest BCUT2D eigenvalue weighted by molar-refractivity contribution is 7.98. The fraction of sp³-hybridized carbons (Fsp3) is 0.429. The Bertz CT molecular complexity index is 788. The Hall–Kier alpha value is -0.760. The van der Waals surface area contributed by atoms with Gasteiger partial charge in [0.2, 0.25) is 5.89 Å². The van der Waals surface area contributed by atoms with Gasteiger partial charge in [0.15, 0.2) is 9.84 Å². The topological polar surface area (TPSA) is 73.1 Å². The largest absolute Gasteiger partial charge is 0.416 e. The van der Waals surface area contributed by atoms with Gasteiger partial charge in [-0.2, -0.15) is 0 Å². The van der Waals surface area contributed by atoms with Gasteiger partial charge >= 0.3 is 0 Å². The summed E-state index contributed by atoms with van der Waals surface area (Å²) < 4.78 is 28.5. The van der Waals surface area contributed by atoms with E-state index in [1.165, 1.54) is 11.8 Å². The van der Waals surface area contributed by atoms with Crippen LogP contribution >= 0.6 is 35.0 Å². The second-order valence-electron chi connectivity index (χ2n) is 5.42. The predicted molar refractivity (Wildman–Crippen MR) is 90.8 cm³/mol. The van der Waals surface area contributed by atoms with Crippen molar-refractivity contribution in [2.75, 3.05) is 11.5 Å². The number of thioether (sulfide) groups is 1. The lowest BCUT2D eigenvalue weighted by molar-refractivity contribution is 0.389. The molecule has 0 bridgehead atoms. The van der Waals surface area contributed by atoms with E-state index in [1.54, 1.807) is 18.2 Å². The molecule has 1 aliphatic heterocycles. The molecule has 1 atom stereocenters. The molecule has 124 valence electrons. The minimum absolute atomic E-state index is 0.0660. The third-order valence-corrected chi connectivity index (χ3v) is 7.03. The maximum atomic E-state index is 11.5. The molecule has 0 saturated carbocycles. The van der Waals surface area contributed by atoms with Crippen LogP contribution in [-0.2, 0) is 22.0 Å². The molecule has 0 aliphatic carbocycles. The van der Waals surface area contributed by atoms with E-state index >= 15 is 0 Å². The summed E-state index contributed by atoms with van der Waals surface area (Å²) in [5.74, 6) is 1.51. The summed E-state index contributed by atoms with van der Waals surface area (Å²) in [5.41, 5.74) is 0.822. The van der Waals surface area contributed by atoms with Crippen LogP contribution in [0.5, 0.6) is 0 Å². The quantitative estimate of drug-likeness (QED) is 0.722. The number of hydrogen-bond donors (Lipinski definition) is 0. The Morgan fingerprint density at radius 1 is 1.26 bits per heavy atom. The van der Waals surface area contributed by atoms with Crippen molar-refractivity contribution in [3.8, 4) is 0 Å². The first-order chi connectivity index (χ1) is 10.9. The number of rotatable bonds is 5. The average molecular weight is 393 g/mol. The van der Waals surface area contributed by atoms with Crippen LogP contribution in [-0.4, -0.2) is 30.1 Å². The van der Waals surface area contributed by atoms with Gasteiger partial charge in [-0.3, -0.25) is 0 Å². The molecule has 0 amide bonds. The van der Waals surface area contributed by atoms with Crippen molar-refractivity contribution in [3.63, 3.8) is 0 Å². The van der Waals surface area contributed by atoms with Gasteiger partial charge in [-0.25, -0.2) is 8.42 Å². The highest BCUT2D eigenvalue weighted by atomic mass is 35.5. The van der Waals surface area contributed by atoms with Crippen molar-refractivity contribution in [1.82, 2.24) is 10.2 Å². The number of nitrogens with zero attached hydrogens (tertiary/aromatic N) is 2. The normalized spacial score (nSPS) is 20.0. The standard InChI is InChI=1S/C14H14Cl2N2O3S2/c15-11-2-1-3-12(16)10(11)7-22-14-18-17-13(21-14)6-9-4-5-23(19,20)8-9/h1-3,9H,4-8H2/t9-/m0/s1. The van der Waals surface area contributed by atoms with Crippen LogP contribution in [0.3, 0.4) is 0 Å².